The molecule has 0 heterocycles. The van der Waals surface area contributed by atoms with Gasteiger partial charge in [0.05, 0.1) is 18.4 Å². The van der Waals surface area contributed by atoms with Crippen LogP contribution in [0.5, 0.6) is 0 Å². The molecule has 0 aliphatic heterocycles. The van der Waals surface area contributed by atoms with E-state index in [4.69, 9.17) is 4.74 Å². The second-order valence-electron chi connectivity index (χ2n) is 6.44. The molecule has 0 bridgehead atoms. The van der Waals surface area contributed by atoms with Crippen molar-refractivity contribution in [2.24, 2.45) is 0 Å². The third-order valence-electron chi connectivity index (χ3n) is 4.89. The van der Waals surface area contributed by atoms with Crippen LogP contribution in [-0.2, 0) is 9.53 Å². The predicted octanol–water partition coefficient (Wildman–Crippen LogP) is 4.86. The molecular formula is C21H20BrNO4. The molecule has 3 atom stereocenters. The fourth-order valence-corrected chi connectivity index (χ4v) is 3.97. The van der Waals surface area contributed by atoms with E-state index in [1.165, 1.54) is 0 Å². The maximum absolute atomic E-state index is 12.5. The summed E-state index contributed by atoms with van der Waals surface area (Å²) < 4.78 is 6.06. The number of nitro groups is 1. The molecule has 140 valence electrons. The predicted molar refractivity (Wildman–Crippen MR) is 106 cm³/mol. The minimum absolute atomic E-state index is 0.231. The summed E-state index contributed by atoms with van der Waals surface area (Å²) in [5.41, 5.74) is 2.01. The van der Waals surface area contributed by atoms with Crippen molar-refractivity contribution in [3.05, 3.63) is 92.0 Å². The molecule has 1 aliphatic rings. The van der Waals surface area contributed by atoms with Crippen LogP contribution in [0, 0.1) is 10.1 Å². The zero-order valence-electron chi connectivity index (χ0n) is 14.9. The van der Waals surface area contributed by atoms with Gasteiger partial charge in [-0.15, -0.1) is 0 Å². The van der Waals surface area contributed by atoms with Gasteiger partial charge in [0.25, 0.3) is 0 Å². The van der Waals surface area contributed by atoms with Crippen LogP contribution in [0.25, 0.3) is 0 Å². The van der Waals surface area contributed by atoms with E-state index in [1.54, 1.807) is 6.92 Å². The normalized spacial score (nSPS) is 22.0. The van der Waals surface area contributed by atoms with Gasteiger partial charge < -0.3 is 4.74 Å². The van der Waals surface area contributed by atoms with Gasteiger partial charge in [-0.1, -0.05) is 64.5 Å². The van der Waals surface area contributed by atoms with Gasteiger partial charge in [-0.2, -0.15) is 0 Å². The Hall–Kier alpha value is -2.47. The highest BCUT2D eigenvalue weighted by Crippen LogP contribution is 2.43. The van der Waals surface area contributed by atoms with Gasteiger partial charge in [-0.05, 0) is 36.6 Å². The summed E-state index contributed by atoms with van der Waals surface area (Å²) in [4.78, 5) is 24.4. The number of rotatable bonds is 5. The van der Waals surface area contributed by atoms with E-state index >= 15 is 0 Å². The number of carbonyl (C=O) groups excluding carboxylic acids is 1. The molecule has 0 N–H and O–H groups in total. The molecule has 6 heteroatoms. The van der Waals surface area contributed by atoms with Gasteiger partial charge in [-0.25, -0.2) is 4.79 Å². The summed E-state index contributed by atoms with van der Waals surface area (Å²) in [5, 5.41) is 12.1. The number of hydrogen-bond acceptors (Lipinski definition) is 4. The quantitative estimate of drug-likeness (QED) is 0.386. The lowest BCUT2D eigenvalue weighted by atomic mass is 9.71. The first kappa shape index (κ1) is 19.3. The molecule has 2 aromatic carbocycles. The van der Waals surface area contributed by atoms with Crippen molar-refractivity contribution in [2.75, 3.05) is 6.61 Å². The van der Waals surface area contributed by atoms with E-state index in [0.717, 1.165) is 15.6 Å². The number of allylic oxidation sites excluding steroid dienone is 1. The molecule has 0 unspecified atom stereocenters. The van der Waals surface area contributed by atoms with Crippen molar-refractivity contribution in [1.82, 2.24) is 0 Å². The second-order valence-corrected chi connectivity index (χ2v) is 7.35. The topological polar surface area (TPSA) is 69.4 Å². The Morgan fingerprint density at radius 3 is 2.41 bits per heavy atom. The molecule has 2 aromatic rings. The first-order chi connectivity index (χ1) is 13.0. The number of nitrogens with zero attached hydrogens (tertiary/aromatic N) is 1. The minimum Gasteiger partial charge on any atom is -0.463 e. The van der Waals surface area contributed by atoms with Crippen molar-refractivity contribution in [1.29, 1.82) is 0 Å². The van der Waals surface area contributed by atoms with Crippen LogP contribution in [0.1, 0.15) is 36.3 Å². The van der Waals surface area contributed by atoms with Gasteiger partial charge in [0.15, 0.2) is 0 Å². The monoisotopic (exact) mass is 429 g/mol. The fraction of sp³-hybridized carbons (Fsp3) is 0.286. The van der Waals surface area contributed by atoms with Gasteiger partial charge in [0.1, 0.15) is 0 Å². The number of carbonyl (C=O) groups is 1. The van der Waals surface area contributed by atoms with Crippen LogP contribution in [0.3, 0.4) is 0 Å². The number of esters is 1. The van der Waals surface area contributed by atoms with E-state index in [-0.39, 0.29) is 17.4 Å². The highest BCUT2D eigenvalue weighted by atomic mass is 79.9. The molecule has 27 heavy (non-hydrogen) atoms. The largest absolute Gasteiger partial charge is 0.463 e. The fourth-order valence-electron chi connectivity index (χ4n) is 3.71. The van der Waals surface area contributed by atoms with Crippen LogP contribution in [0.2, 0.25) is 0 Å². The molecule has 0 radical (unpaired) electrons. The van der Waals surface area contributed by atoms with Crippen molar-refractivity contribution in [2.45, 2.75) is 31.2 Å². The highest BCUT2D eigenvalue weighted by Gasteiger charge is 2.47. The lowest BCUT2D eigenvalue weighted by molar-refractivity contribution is -0.530. The lowest BCUT2D eigenvalue weighted by Gasteiger charge is -2.32. The average Bonchev–Trinajstić information content (AvgIpc) is 2.68. The number of benzene rings is 2. The van der Waals surface area contributed by atoms with E-state index < -0.39 is 17.9 Å². The first-order valence-electron chi connectivity index (χ1n) is 8.84. The maximum atomic E-state index is 12.5. The zero-order chi connectivity index (χ0) is 19.4. The third-order valence-corrected chi connectivity index (χ3v) is 5.42. The standard InChI is InChI=1S/C21H20BrNO4/c1-2-27-21(24)18-13-12-17(14-6-4-3-5-7-14)20(23(25)26)19(18)15-8-10-16(22)11-9-15/h3-11,13,17,19-20H,2,12H2,1H3/t17-,19+,20+/m0/s1. The Bertz CT molecular complexity index is 848. The number of hydrogen-bond donors (Lipinski definition) is 0. The molecule has 3 rings (SSSR count). The highest BCUT2D eigenvalue weighted by molar-refractivity contribution is 9.10. The SMILES string of the molecule is CCOC(=O)C1=CC[C@@H](c2ccccc2)[C@@H]([N+](=O)[O-])[C@@H]1c1ccc(Br)cc1. The Balaban J connectivity index is 2.12. The molecule has 0 amide bonds. The molecule has 0 fully saturated rings. The van der Waals surface area contributed by atoms with E-state index in [2.05, 4.69) is 15.9 Å². The molecule has 0 aromatic heterocycles. The first-order valence-corrected chi connectivity index (χ1v) is 9.63. The number of ether oxygens (including phenoxy) is 1. The Kier molecular flexibility index (Phi) is 6.06. The van der Waals surface area contributed by atoms with E-state index in [9.17, 15) is 14.9 Å². The van der Waals surface area contributed by atoms with Crippen molar-refractivity contribution in [3.8, 4) is 0 Å². The van der Waals surface area contributed by atoms with Gasteiger partial charge in [0, 0.05) is 15.0 Å². The molecule has 5 nitrogen and oxygen atoms in total. The Labute approximate surface area is 166 Å². The summed E-state index contributed by atoms with van der Waals surface area (Å²) >= 11 is 3.39. The Morgan fingerprint density at radius 1 is 1.15 bits per heavy atom. The third kappa shape index (κ3) is 4.11. The Morgan fingerprint density at radius 2 is 1.81 bits per heavy atom. The molecule has 0 saturated carbocycles. The summed E-state index contributed by atoms with van der Waals surface area (Å²) in [7, 11) is 0. The summed E-state index contributed by atoms with van der Waals surface area (Å²) in [6.45, 7) is 1.96. The maximum Gasteiger partial charge on any atom is 0.334 e. The van der Waals surface area contributed by atoms with E-state index in [1.807, 2.05) is 60.7 Å². The van der Waals surface area contributed by atoms with Crippen molar-refractivity contribution >= 4 is 21.9 Å². The molecular weight excluding hydrogens is 410 g/mol. The van der Waals surface area contributed by atoms with Crippen LogP contribution >= 0.6 is 15.9 Å². The van der Waals surface area contributed by atoms with Crippen LogP contribution in [-0.4, -0.2) is 23.5 Å². The number of halogens is 1. The van der Waals surface area contributed by atoms with E-state index in [0.29, 0.717) is 12.0 Å². The molecule has 0 spiro atoms. The van der Waals surface area contributed by atoms with Gasteiger partial charge in [-0.3, -0.25) is 10.1 Å². The van der Waals surface area contributed by atoms with Crippen molar-refractivity contribution in [3.63, 3.8) is 0 Å². The van der Waals surface area contributed by atoms with Gasteiger partial charge in [0.2, 0.25) is 6.04 Å². The smallest absolute Gasteiger partial charge is 0.334 e. The van der Waals surface area contributed by atoms with Crippen LogP contribution in [0.4, 0.5) is 0 Å². The molecule has 0 saturated heterocycles. The lowest BCUT2D eigenvalue weighted by Crippen LogP contribution is -2.39. The van der Waals surface area contributed by atoms with Crippen LogP contribution in [0.15, 0.2) is 70.7 Å². The summed E-state index contributed by atoms with van der Waals surface area (Å²) in [5.74, 6) is -1.46. The molecule has 1 aliphatic carbocycles. The van der Waals surface area contributed by atoms with Crippen LogP contribution < -0.4 is 0 Å². The zero-order valence-corrected chi connectivity index (χ0v) is 16.5. The van der Waals surface area contributed by atoms with Crippen molar-refractivity contribution < 1.29 is 14.5 Å². The average molecular weight is 430 g/mol. The second kappa shape index (κ2) is 8.48. The summed E-state index contributed by atoms with van der Waals surface area (Å²) in [6, 6.07) is 15.8. The van der Waals surface area contributed by atoms with Gasteiger partial charge >= 0.3 is 5.97 Å². The summed E-state index contributed by atoms with van der Waals surface area (Å²) in [6.07, 6.45) is 2.24. The minimum atomic E-state index is -0.946.